The van der Waals surface area contributed by atoms with Crippen molar-refractivity contribution in [3.63, 3.8) is 0 Å². The van der Waals surface area contributed by atoms with Crippen LogP contribution in [-0.4, -0.2) is 14.6 Å². The van der Waals surface area contributed by atoms with Gasteiger partial charge in [0.15, 0.2) is 18.9 Å². The van der Waals surface area contributed by atoms with E-state index >= 15 is 0 Å². The smallest absolute Gasteiger partial charge is 0.168 e. The molecule has 3 heteroatoms. The summed E-state index contributed by atoms with van der Waals surface area (Å²) in [6, 6.07) is 5.98. The molecule has 0 aliphatic rings. The van der Waals surface area contributed by atoms with Gasteiger partial charge >= 0.3 is 0 Å². The fourth-order valence-electron chi connectivity index (χ4n) is 0.965. The molecule has 1 N–H and O–H groups in total. The van der Waals surface area contributed by atoms with E-state index in [2.05, 4.69) is 27.2 Å². The summed E-state index contributed by atoms with van der Waals surface area (Å²) in [6.45, 7) is 4.52. The van der Waals surface area contributed by atoms with E-state index in [1.165, 1.54) is 0 Å². The Balaban J connectivity index is 2.61. The lowest BCUT2D eigenvalue weighted by atomic mass is 10.1. The van der Waals surface area contributed by atoms with Crippen molar-refractivity contribution in [1.82, 2.24) is 0 Å². The van der Waals surface area contributed by atoms with Crippen LogP contribution < -0.4 is 4.57 Å². The molecule has 0 bridgehead atoms. The molecule has 2 nitrogen and oxygen atoms in total. The first-order valence-corrected chi connectivity index (χ1v) is 5.55. The highest BCUT2D eigenvalue weighted by Gasteiger charge is 2.27. The molecule has 0 aliphatic heterocycles. The lowest BCUT2D eigenvalue weighted by molar-refractivity contribution is -0.696. The van der Waals surface area contributed by atoms with Crippen molar-refractivity contribution in [2.24, 2.45) is 0 Å². The zero-order valence-electron chi connectivity index (χ0n) is 7.94. The van der Waals surface area contributed by atoms with E-state index in [9.17, 15) is 5.11 Å². The molecule has 0 aliphatic carbocycles. The third-order valence-corrected chi connectivity index (χ3v) is 3.83. The zero-order chi connectivity index (χ0) is 9.90. The maximum absolute atomic E-state index is 9.73. The predicted molar refractivity (Wildman–Crippen MR) is 60.7 cm³/mol. The molecule has 1 aromatic rings. The van der Waals surface area contributed by atoms with Crippen molar-refractivity contribution in [1.29, 1.82) is 0 Å². The van der Waals surface area contributed by atoms with Crippen molar-refractivity contribution < 1.29 is 9.67 Å². The summed E-state index contributed by atoms with van der Waals surface area (Å²) in [5.74, 6) is 0. The van der Waals surface area contributed by atoms with E-state index in [0.717, 1.165) is 6.54 Å². The SMILES string of the molecule is CC(C)(O)[C@H](I)C[n+]1ccccc1. The largest absolute Gasteiger partial charge is 0.389 e. The molecule has 0 amide bonds. The molecular formula is C10H15INO+. The molecule has 0 unspecified atom stereocenters. The minimum absolute atomic E-state index is 0.220. The second-order valence-corrected chi connectivity index (χ2v) is 5.20. The van der Waals surface area contributed by atoms with Gasteiger partial charge in [0, 0.05) is 12.1 Å². The Morgan fingerprint density at radius 2 is 1.85 bits per heavy atom. The zero-order valence-corrected chi connectivity index (χ0v) is 10.1. The molecule has 0 radical (unpaired) electrons. The Labute approximate surface area is 92.7 Å². The van der Waals surface area contributed by atoms with Crippen LogP contribution in [-0.2, 0) is 6.54 Å². The second kappa shape index (κ2) is 4.37. The summed E-state index contributed by atoms with van der Waals surface area (Å²) in [6.07, 6.45) is 4.02. The summed E-state index contributed by atoms with van der Waals surface area (Å²) >= 11 is 2.28. The number of rotatable bonds is 3. The summed E-state index contributed by atoms with van der Waals surface area (Å²) in [5.41, 5.74) is -0.622. The quantitative estimate of drug-likeness (QED) is 0.510. The van der Waals surface area contributed by atoms with Gasteiger partial charge in [-0.15, -0.1) is 0 Å². The number of aliphatic hydroxyl groups is 1. The van der Waals surface area contributed by atoms with E-state index in [4.69, 9.17) is 0 Å². The van der Waals surface area contributed by atoms with Gasteiger partial charge in [-0.1, -0.05) is 28.7 Å². The van der Waals surface area contributed by atoms with Gasteiger partial charge in [-0.05, 0) is 13.8 Å². The fourth-order valence-corrected chi connectivity index (χ4v) is 1.42. The average Bonchev–Trinajstić information content (AvgIpc) is 2.04. The fraction of sp³-hybridized carbons (Fsp3) is 0.500. The van der Waals surface area contributed by atoms with Gasteiger partial charge in [0.1, 0.15) is 0 Å². The van der Waals surface area contributed by atoms with Crippen molar-refractivity contribution in [3.8, 4) is 0 Å². The highest BCUT2D eigenvalue weighted by atomic mass is 127. The molecule has 1 heterocycles. The Morgan fingerprint density at radius 3 is 2.31 bits per heavy atom. The minimum Gasteiger partial charge on any atom is -0.389 e. The van der Waals surface area contributed by atoms with E-state index in [0.29, 0.717) is 0 Å². The third kappa shape index (κ3) is 3.60. The topological polar surface area (TPSA) is 24.1 Å². The van der Waals surface area contributed by atoms with Crippen LogP contribution in [0.2, 0.25) is 0 Å². The van der Waals surface area contributed by atoms with Crippen molar-refractivity contribution >= 4 is 22.6 Å². The van der Waals surface area contributed by atoms with Gasteiger partial charge in [-0.3, -0.25) is 0 Å². The van der Waals surface area contributed by atoms with Crippen LogP contribution >= 0.6 is 22.6 Å². The molecule has 1 aromatic heterocycles. The van der Waals surface area contributed by atoms with Crippen LogP contribution in [0.4, 0.5) is 0 Å². The number of aromatic nitrogens is 1. The summed E-state index contributed by atoms with van der Waals surface area (Å²) < 4.78 is 2.30. The second-order valence-electron chi connectivity index (χ2n) is 3.69. The van der Waals surface area contributed by atoms with Crippen LogP contribution in [0.15, 0.2) is 30.6 Å². The van der Waals surface area contributed by atoms with Gasteiger partial charge in [0.25, 0.3) is 0 Å². The molecule has 0 saturated carbocycles. The predicted octanol–water partition coefficient (Wildman–Crippen LogP) is 1.55. The van der Waals surface area contributed by atoms with Crippen molar-refractivity contribution in [3.05, 3.63) is 30.6 Å². The number of pyridine rings is 1. The van der Waals surface area contributed by atoms with E-state index < -0.39 is 5.60 Å². The van der Waals surface area contributed by atoms with Crippen LogP contribution in [0.3, 0.4) is 0 Å². The number of hydrogen-bond acceptors (Lipinski definition) is 1. The van der Waals surface area contributed by atoms with Crippen LogP contribution in [0.1, 0.15) is 13.8 Å². The van der Waals surface area contributed by atoms with E-state index in [1.54, 1.807) is 0 Å². The molecule has 1 rings (SSSR count). The average molecular weight is 292 g/mol. The first-order chi connectivity index (χ1) is 6.00. The minimum atomic E-state index is -0.622. The first-order valence-electron chi connectivity index (χ1n) is 4.30. The van der Waals surface area contributed by atoms with Crippen molar-refractivity contribution in [2.45, 2.75) is 29.9 Å². The molecular weight excluding hydrogens is 277 g/mol. The first kappa shape index (κ1) is 10.9. The van der Waals surface area contributed by atoms with Crippen LogP contribution in [0, 0.1) is 0 Å². The Hall–Kier alpha value is -0.160. The number of nitrogens with zero attached hydrogens (tertiary/aromatic N) is 1. The molecule has 13 heavy (non-hydrogen) atoms. The monoisotopic (exact) mass is 292 g/mol. The Kier molecular flexibility index (Phi) is 3.67. The number of hydrogen-bond donors (Lipinski definition) is 1. The standard InChI is InChI=1S/C10H15INO/c1-10(2,13)9(11)8-12-6-4-3-5-7-12/h3-7,9,13H,8H2,1-2H3/q+1/t9-/m1/s1. The van der Waals surface area contributed by atoms with E-state index in [1.807, 2.05) is 44.4 Å². The van der Waals surface area contributed by atoms with Gasteiger partial charge in [-0.2, -0.15) is 0 Å². The number of halogens is 1. The lowest BCUT2D eigenvalue weighted by Crippen LogP contribution is -2.45. The molecule has 1 atom stereocenters. The molecule has 0 saturated heterocycles. The molecule has 72 valence electrons. The van der Waals surface area contributed by atoms with Gasteiger partial charge < -0.3 is 5.11 Å². The molecule has 0 fully saturated rings. The van der Waals surface area contributed by atoms with Gasteiger partial charge in [-0.25, -0.2) is 4.57 Å². The van der Waals surface area contributed by atoms with Crippen LogP contribution in [0.25, 0.3) is 0 Å². The molecule has 0 spiro atoms. The normalized spacial score (nSPS) is 14.2. The van der Waals surface area contributed by atoms with Gasteiger partial charge in [0.2, 0.25) is 0 Å². The summed E-state index contributed by atoms with van der Waals surface area (Å²) in [4.78, 5) is 0. The maximum Gasteiger partial charge on any atom is 0.168 e. The van der Waals surface area contributed by atoms with Crippen molar-refractivity contribution in [2.75, 3.05) is 0 Å². The highest BCUT2D eigenvalue weighted by Crippen LogP contribution is 2.17. The van der Waals surface area contributed by atoms with Gasteiger partial charge in [0.05, 0.1) is 9.53 Å². The maximum atomic E-state index is 9.73. The summed E-state index contributed by atoms with van der Waals surface area (Å²) in [7, 11) is 0. The van der Waals surface area contributed by atoms with E-state index in [-0.39, 0.29) is 3.92 Å². The lowest BCUT2D eigenvalue weighted by Gasteiger charge is -2.21. The number of alkyl halides is 1. The highest BCUT2D eigenvalue weighted by molar-refractivity contribution is 14.1. The van der Waals surface area contributed by atoms with Crippen LogP contribution in [0.5, 0.6) is 0 Å². The summed E-state index contributed by atoms with van der Waals surface area (Å²) in [5, 5.41) is 9.73. The Bertz CT molecular complexity index is 255. The molecule has 0 aromatic carbocycles. The third-order valence-electron chi connectivity index (χ3n) is 1.91. The Morgan fingerprint density at radius 1 is 1.31 bits per heavy atom.